The summed E-state index contributed by atoms with van der Waals surface area (Å²) in [5.74, 6) is 0. The van der Waals surface area contributed by atoms with Crippen LogP contribution in [-0.4, -0.2) is 54.3 Å². The Hall–Kier alpha value is -1.66. The van der Waals surface area contributed by atoms with E-state index < -0.39 is 0 Å². The number of pyridine rings is 1. The largest absolute Gasteiger partial charge is 0.373 e. The number of nitrogens with zero attached hydrogens (tertiary/aromatic N) is 2. The van der Waals surface area contributed by atoms with E-state index in [1.807, 2.05) is 12.1 Å². The fourth-order valence-electron chi connectivity index (χ4n) is 2.96. The van der Waals surface area contributed by atoms with Gasteiger partial charge in [0.1, 0.15) is 0 Å². The number of hydrogen-bond donors (Lipinski definition) is 2. The number of urea groups is 1. The molecule has 2 fully saturated rings. The zero-order valence-electron chi connectivity index (χ0n) is 12.1. The molecule has 2 aliphatic heterocycles. The van der Waals surface area contributed by atoms with Crippen molar-refractivity contribution in [1.29, 1.82) is 0 Å². The van der Waals surface area contributed by atoms with Crippen molar-refractivity contribution in [2.75, 3.05) is 26.2 Å². The lowest BCUT2D eigenvalue weighted by molar-refractivity contribution is -0.0457. The molecule has 0 bridgehead atoms. The quantitative estimate of drug-likeness (QED) is 0.858. The Morgan fingerprint density at radius 3 is 3.10 bits per heavy atom. The molecule has 2 saturated heterocycles. The average molecular weight is 290 g/mol. The highest BCUT2D eigenvalue weighted by Gasteiger charge is 2.32. The number of fused-ring (bicyclic) bond motifs is 1. The molecule has 6 nitrogen and oxygen atoms in total. The SMILES string of the molecule is O=C(NCc1ccncc1)NC[C@H]1CN2CCC[C@H]2CO1. The highest BCUT2D eigenvalue weighted by atomic mass is 16.5. The van der Waals surface area contributed by atoms with Gasteiger partial charge in [-0.1, -0.05) is 0 Å². The second kappa shape index (κ2) is 6.87. The third-order valence-electron chi connectivity index (χ3n) is 4.15. The maximum Gasteiger partial charge on any atom is 0.315 e. The Bertz CT molecular complexity index is 468. The molecule has 0 spiro atoms. The fourth-order valence-corrected chi connectivity index (χ4v) is 2.96. The van der Waals surface area contributed by atoms with E-state index in [1.165, 1.54) is 19.4 Å². The van der Waals surface area contributed by atoms with Crippen LogP contribution in [0.3, 0.4) is 0 Å². The standard InChI is InChI=1S/C15H22N4O2/c20-15(17-8-12-3-5-16-6-4-12)18-9-14-10-19-7-1-2-13(19)11-21-14/h3-6,13-14H,1-2,7-11H2,(H2,17,18,20)/t13-,14-/m0/s1. The van der Waals surface area contributed by atoms with Crippen molar-refractivity contribution in [1.82, 2.24) is 20.5 Å². The van der Waals surface area contributed by atoms with Crippen molar-refractivity contribution in [2.24, 2.45) is 0 Å². The van der Waals surface area contributed by atoms with Gasteiger partial charge in [0.2, 0.25) is 0 Å². The van der Waals surface area contributed by atoms with Gasteiger partial charge >= 0.3 is 6.03 Å². The molecule has 0 radical (unpaired) electrons. The topological polar surface area (TPSA) is 66.5 Å². The van der Waals surface area contributed by atoms with Crippen LogP contribution in [0, 0.1) is 0 Å². The predicted molar refractivity (Wildman–Crippen MR) is 78.8 cm³/mol. The van der Waals surface area contributed by atoms with Crippen molar-refractivity contribution >= 4 is 6.03 Å². The molecule has 0 aliphatic carbocycles. The molecule has 1 aromatic heterocycles. The Kier molecular flexibility index (Phi) is 4.67. The second-order valence-electron chi connectivity index (χ2n) is 5.67. The normalized spacial score (nSPS) is 25.3. The van der Waals surface area contributed by atoms with Crippen molar-refractivity contribution in [2.45, 2.75) is 31.5 Å². The lowest BCUT2D eigenvalue weighted by Crippen LogP contribution is -2.51. The van der Waals surface area contributed by atoms with Gasteiger partial charge in [0.15, 0.2) is 0 Å². The number of morpholine rings is 1. The minimum Gasteiger partial charge on any atom is -0.373 e. The number of rotatable bonds is 4. The molecule has 0 unspecified atom stereocenters. The summed E-state index contributed by atoms with van der Waals surface area (Å²) in [6.45, 7) is 3.96. The number of hydrogen-bond acceptors (Lipinski definition) is 4. The average Bonchev–Trinajstić information content (AvgIpc) is 2.99. The predicted octanol–water partition coefficient (Wildman–Crippen LogP) is 0.744. The van der Waals surface area contributed by atoms with E-state index >= 15 is 0 Å². The lowest BCUT2D eigenvalue weighted by Gasteiger charge is -2.35. The third-order valence-corrected chi connectivity index (χ3v) is 4.15. The lowest BCUT2D eigenvalue weighted by atomic mass is 10.2. The second-order valence-corrected chi connectivity index (χ2v) is 5.67. The van der Waals surface area contributed by atoms with E-state index in [0.717, 1.165) is 18.7 Å². The molecule has 3 heterocycles. The van der Waals surface area contributed by atoms with E-state index in [0.29, 0.717) is 19.1 Å². The van der Waals surface area contributed by atoms with Crippen LogP contribution in [0.2, 0.25) is 0 Å². The molecule has 3 rings (SSSR count). The van der Waals surface area contributed by atoms with Crippen molar-refractivity contribution < 1.29 is 9.53 Å². The van der Waals surface area contributed by atoms with E-state index in [9.17, 15) is 4.79 Å². The molecule has 2 atom stereocenters. The summed E-state index contributed by atoms with van der Waals surface area (Å²) in [5.41, 5.74) is 1.04. The maximum atomic E-state index is 11.8. The van der Waals surface area contributed by atoms with Crippen molar-refractivity contribution in [3.8, 4) is 0 Å². The number of ether oxygens (including phenoxy) is 1. The molecule has 2 aliphatic rings. The monoisotopic (exact) mass is 290 g/mol. The molecule has 0 saturated carbocycles. The van der Waals surface area contributed by atoms with Gasteiger partial charge in [0.05, 0.1) is 12.7 Å². The number of amides is 2. The molecular weight excluding hydrogens is 268 g/mol. The molecule has 2 amide bonds. The molecule has 114 valence electrons. The summed E-state index contributed by atoms with van der Waals surface area (Å²) in [6, 6.07) is 4.22. The summed E-state index contributed by atoms with van der Waals surface area (Å²) in [7, 11) is 0. The summed E-state index contributed by atoms with van der Waals surface area (Å²) in [5, 5.41) is 5.72. The summed E-state index contributed by atoms with van der Waals surface area (Å²) < 4.78 is 5.81. The first kappa shape index (κ1) is 14.3. The van der Waals surface area contributed by atoms with Gasteiger partial charge in [-0.15, -0.1) is 0 Å². The fraction of sp³-hybridized carbons (Fsp3) is 0.600. The highest BCUT2D eigenvalue weighted by molar-refractivity contribution is 5.73. The smallest absolute Gasteiger partial charge is 0.315 e. The zero-order valence-corrected chi connectivity index (χ0v) is 12.1. The first-order valence-electron chi connectivity index (χ1n) is 7.57. The van der Waals surface area contributed by atoms with Gasteiger partial charge in [0.25, 0.3) is 0 Å². The molecule has 2 N–H and O–H groups in total. The van der Waals surface area contributed by atoms with Crippen LogP contribution < -0.4 is 10.6 Å². The van der Waals surface area contributed by atoms with Gasteiger partial charge in [-0.05, 0) is 37.1 Å². The number of carbonyl (C=O) groups excluding carboxylic acids is 1. The minimum atomic E-state index is -0.154. The highest BCUT2D eigenvalue weighted by Crippen LogP contribution is 2.22. The number of aromatic nitrogens is 1. The van der Waals surface area contributed by atoms with Crippen LogP contribution in [0.1, 0.15) is 18.4 Å². The number of carbonyl (C=O) groups is 1. The first-order valence-corrected chi connectivity index (χ1v) is 7.57. The number of nitrogens with one attached hydrogen (secondary N) is 2. The van der Waals surface area contributed by atoms with Crippen LogP contribution in [0.4, 0.5) is 4.79 Å². The van der Waals surface area contributed by atoms with Gasteiger partial charge in [0, 0.05) is 38.1 Å². The summed E-state index contributed by atoms with van der Waals surface area (Å²) in [4.78, 5) is 18.2. The van der Waals surface area contributed by atoms with Crippen LogP contribution in [0.25, 0.3) is 0 Å². The molecular formula is C15H22N4O2. The minimum absolute atomic E-state index is 0.103. The van der Waals surface area contributed by atoms with Crippen molar-refractivity contribution in [3.63, 3.8) is 0 Å². The van der Waals surface area contributed by atoms with Crippen LogP contribution >= 0.6 is 0 Å². The van der Waals surface area contributed by atoms with Crippen molar-refractivity contribution in [3.05, 3.63) is 30.1 Å². The van der Waals surface area contributed by atoms with Crippen LogP contribution in [0.15, 0.2) is 24.5 Å². The Balaban J connectivity index is 1.36. The molecule has 0 aromatic carbocycles. The van der Waals surface area contributed by atoms with Gasteiger partial charge in [-0.2, -0.15) is 0 Å². The van der Waals surface area contributed by atoms with E-state index in [-0.39, 0.29) is 12.1 Å². The first-order chi connectivity index (χ1) is 10.3. The molecule has 1 aromatic rings. The van der Waals surface area contributed by atoms with Gasteiger partial charge < -0.3 is 15.4 Å². The molecule has 6 heteroatoms. The summed E-state index contributed by atoms with van der Waals surface area (Å²) in [6.07, 6.45) is 6.05. The zero-order chi connectivity index (χ0) is 14.5. The van der Waals surface area contributed by atoms with Gasteiger partial charge in [-0.3, -0.25) is 9.88 Å². The summed E-state index contributed by atoms with van der Waals surface area (Å²) >= 11 is 0. The van der Waals surface area contributed by atoms with E-state index in [2.05, 4.69) is 20.5 Å². The molecule has 21 heavy (non-hydrogen) atoms. The van der Waals surface area contributed by atoms with E-state index in [1.54, 1.807) is 12.4 Å². The Morgan fingerprint density at radius 2 is 2.24 bits per heavy atom. The Labute approximate surface area is 124 Å². The third kappa shape index (κ3) is 3.92. The van der Waals surface area contributed by atoms with Crippen LogP contribution in [0.5, 0.6) is 0 Å². The maximum absolute atomic E-state index is 11.8. The Morgan fingerprint density at radius 1 is 1.38 bits per heavy atom. The van der Waals surface area contributed by atoms with Gasteiger partial charge in [-0.25, -0.2) is 4.79 Å². The van der Waals surface area contributed by atoms with Crippen LogP contribution in [-0.2, 0) is 11.3 Å². The van der Waals surface area contributed by atoms with E-state index in [4.69, 9.17) is 4.74 Å².